The molecule has 0 amide bonds. The molecule has 0 N–H and O–H groups in total. The van der Waals surface area contributed by atoms with Crippen molar-refractivity contribution < 1.29 is 9.18 Å². The monoisotopic (exact) mass is 458 g/mol. The van der Waals surface area contributed by atoms with Crippen molar-refractivity contribution in [2.45, 2.75) is 39.7 Å². The molecule has 4 heteroatoms. The minimum Gasteiger partial charge on any atom is -0.307 e. The fourth-order valence-electron chi connectivity index (χ4n) is 3.89. The lowest BCUT2D eigenvalue weighted by atomic mass is 9.97. The average molecular weight is 459 g/mol. The Morgan fingerprint density at radius 2 is 1.65 bits per heavy atom. The van der Waals surface area contributed by atoms with Crippen LogP contribution in [0, 0.1) is 24.1 Å². The van der Waals surface area contributed by atoms with Gasteiger partial charge in [-0.1, -0.05) is 67.1 Å². The van der Waals surface area contributed by atoms with Gasteiger partial charge in [0.2, 0.25) is 0 Å². The molecule has 0 saturated carbocycles. The second-order valence-electron chi connectivity index (χ2n) is 7.82. The van der Waals surface area contributed by atoms with E-state index < -0.39 is 0 Å². The number of carbonyl (C=O) groups excluding carboxylic acids is 1. The molecule has 0 aliphatic carbocycles. The number of carbonyl (C=O) groups is 1. The van der Waals surface area contributed by atoms with E-state index in [2.05, 4.69) is 74.4 Å². The van der Waals surface area contributed by atoms with Gasteiger partial charge in [-0.05, 0) is 73.7 Å². The maximum Gasteiger partial charge on any atom is 0.127 e. The van der Waals surface area contributed by atoms with Crippen LogP contribution in [0.3, 0.4) is 0 Å². The third-order valence-electron chi connectivity index (χ3n) is 5.38. The highest BCUT2D eigenvalue weighted by Gasteiger charge is 2.11. The van der Waals surface area contributed by atoms with E-state index in [4.69, 9.17) is 10.1 Å². The summed E-state index contributed by atoms with van der Waals surface area (Å²) in [5.41, 5.74) is 6.17. The van der Waals surface area contributed by atoms with Gasteiger partial charge in [-0.25, -0.2) is 4.39 Å². The second-order valence-corrected chi connectivity index (χ2v) is 7.82. The molecule has 3 aromatic rings. The van der Waals surface area contributed by atoms with Crippen molar-refractivity contribution in [2.75, 3.05) is 13.1 Å². The third kappa shape index (κ3) is 8.77. The highest BCUT2D eigenvalue weighted by molar-refractivity contribution is 5.67. The second kappa shape index (κ2) is 16.1. The van der Waals surface area contributed by atoms with E-state index in [-0.39, 0.29) is 5.82 Å². The van der Waals surface area contributed by atoms with Crippen LogP contribution in [-0.2, 0) is 17.8 Å². The SMILES string of the molecule is C=C.C=O.CCCN(CCCc1ccc(C#N)cc1F)Cc1cc(C)ccc1-c1ccccc1. The van der Waals surface area contributed by atoms with Crippen LogP contribution in [0.2, 0.25) is 0 Å². The van der Waals surface area contributed by atoms with Crippen molar-refractivity contribution in [2.24, 2.45) is 0 Å². The number of nitrogens with zero attached hydrogens (tertiary/aromatic N) is 2. The summed E-state index contributed by atoms with van der Waals surface area (Å²) >= 11 is 0. The van der Waals surface area contributed by atoms with E-state index in [1.54, 1.807) is 12.1 Å². The molecule has 0 atom stereocenters. The fraction of sp³-hybridized carbons (Fsp3) is 0.267. The maximum absolute atomic E-state index is 14.2. The van der Waals surface area contributed by atoms with Crippen LogP contribution in [0.15, 0.2) is 79.9 Å². The Morgan fingerprint density at radius 1 is 0.941 bits per heavy atom. The van der Waals surface area contributed by atoms with Crippen LogP contribution in [-0.4, -0.2) is 24.8 Å². The van der Waals surface area contributed by atoms with Gasteiger partial charge in [0.1, 0.15) is 12.6 Å². The predicted octanol–water partition coefficient (Wildman–Crippen LogP) is 7.13. The van der Waals surface area contributed by atoms with Gasteiger partial charge >= 0.3 is 0 Å². The van der Waals surface area contributed by atoms with Crippen LogP contribution in [0.25, 0.3) is 11.1 Å². The van der Waals surface area contributed by atoms with E-state index in [0.29, 0.717) is 17.5 Å². The molecule has 34 heavy (non-hydrogen) atoms. The van der Waals surface area contributed by atoms with Gasteiger partial charge in [-0.3, -0.25) is 4.90 Å². The van der Waals surface area contributed by atoms with Gasteiger partial charge in [0.25, 0.3) is 0 Å². The van der Waals surface area contributed by atoms with Crippen molar-refractivity contribution >= 4 is 6.79 Å². The quantitative estimate of drug-likeness (QED) is 0.320. The van der Waals surface area contributed by atoms with E-state index in [9.17, 15) is 4.39 Å². The summed E-state index contributed by atoms with van der Waals surface area (Å²) in [6, 6.07) is 23.9. The Hall–Kier alpha value is -3.55. The summed E-state index contributed by atoms with van der Waals surface area (Å²) in [5, 5.41) is 8.90. The Morgan fingerprint density at radius 3 is 2.26 bits per heavy atom. The van der Waals surface area contributed by atoms with Crippen molar-refractivity contribution in [3.05, 3.63) is 108 Å². The molecule has 0 heterocycles. The van der Waals surface area contributed by atoms with Crippen molar-refractivity contribution in [1.82, 2.24) is 4.90 Å². The number of hydrogen-bond donors (Lipinski definition) is 0. The first-order valence-electron chi connectivity index (χ1n) is 11.5. The zero-order chi connectivity index (χ0) is 25.3. The van der Waals surface area contributed by atoms with Gasteiger partial charge in [0.15, 0.2) is 0 Å². The van der Waals surface area contributed by atoms with Gasteiger partial charge in [-0.15, -0.1) is 13.2 Å². The van der Waals surface area contributed by atoms with Crippen molar-refractivity contribution in [1.29, 1.82) is 5.26 Å². The lowest BCUT2D eigenvalue weighted by Gasteiger charge is -2.24. The Labute approximate surface area is 204 Å². The molecule has 0 unspecified atom stereocenters. The average Bonchev–Trinajstić information content (AvgIpc) is 2.88. The van der Waals surface area contributed by atoms with Crippen LogP contribution >= 0.6 is 0 Å². The molecular weight excluding hydrogens is 423 g/mol. The molecule has 0 bridgehead atoms. The minimum absolute atomic E-state index is 0.277. The predicted molar refractivity (Wildman–Crippen MR) is 140 cm³/mol. The van der Waals surface area contributed by atoms with E-state index in [0.717, 1.165) is 32.5 Å². The molecule has 0 saturated heterocycles. The topological polar surface area (TPSA) is 44.1 Å². The highest BCUT2D eigenvalue weighted by atomic mass is 19.1. The number of halogens is 1. The van der Waals surface area contributed by atoms with Crippen LogP contribution in [0.1, 0.15) is 42.0 Å². The van der Waals surface area contributed by atoms with Gasteiger partial charge in [0, 0.05) is 6.54 Å². The first kappa shape index (κ1) is 28.5. The molecule has 0 aliphatic rings. The summed E-state index contributed by atoms with van der Waals surface area (Å²) in [7, 11) is 0. The summed E-state index contributed by atoms with van der Waals surface area (Å²) in [6.45, 7) is 15.1. The van der Waals surface area contributed by atoms with Crippen molar-refractivity contribution in [3.8, 4) is 17.2 Å². The molecule has 0 spiro atoms. The molecular formula is C30H35FN2O. The highest BCUT2D eigenvalue weighted by Crippen LogP contribution is 2.26. The van der Waals surface area contributed by atoms with Crippen LogP contribution in [0.4, 0.5) is 4.39 Å². The number of rotatable bonds is 9. The largest absolute Gasteiger partial charge is 0.307 e. The number of benzene rings is 3. The van der Waals surface area contributed by atoms with E-state index in [1.165, 1.54) is 28.3 Å². The van der Waals surface area contributed by atoms with Crippen LogP contribution < -0.4 is 0 Å². The summed E-state index contributed by atoms with van der Waals surface area (Å²) in [4.78, 5) is 10.5. The van der Waals surface area contributed by atoms with Gasteiger partial charge in [-0.2, -0.15) is 5.26 Å². The normalized spacial score (nSPS) is 9.85. The summed E-state index contributed by atoms with van der Waals surface area (Å²) < 4.78 is 14.2. The zero-order valence-electron chi connectivity index (χ0n) is 20.4. The molecule has 0 aromatic heterocycles. The Balaban J connectivity index is 0.00000137. The lowest BCUT2D eigenvalue weighted by molar-refractivity contribution is -0.0979. The minimum atomic E-state index is -0.277. The molecule has 3 rings (SSSR count). The molecule has 0 radical (unpaired) electrons. The van der Waals surface area contributed by atoms with Crippen LogP contribution in [0.5, 0.6) is 0 Å². The number of aryl methyl sites for hydroxylation is 2. The van der Waals surface area contributed by atoms with Gasteiger partial charge in [0.05, 0.1) is 11.6 Å². The maximum atomic E-state index is 14.2. The van der Waals surface area contributed by atoms with E-state index >= 15 is 0 Å². The molecule has 0 fully saturated rings. The molecule has 3 nitrogen and oxygen atoms in total. The Kier molecular flexibility index (Phi) is 13.5. The summed E-state index contributed by atoms with van der Waals surface area (Å²) in [5.74, 6) is -0.277. The summed E-state index contributed by atoms with van der Waals surface area (Å²) in [6.07, 6.45) is 2.64. The molecule has 178 valence electrons. The first-order chi connectivity index (χ1) is 16.6. The van der Waals surface area contributed by atoms with Crippen molar-refractivity contribution in [3.63, 3.8) is 0 Å². The third-order valence-corrected chi connectivity index (χ3v) is 5.38. The number of hydrogen-bond acceptors (Lipinski definition) is 3. The Bertz CT molecular complexity index is 1040. The lowest BCUT2D eigenvalue weighted by Crippen LogP contribution is -2.26. The smallest absolute Gasteiger partial charge is 0.127 e. The molecule has 3 aromatic carbocycles. The molecule has 0 aliphatic heterocycles. The first-order valence-corrected chi connectivity index (χ1v) is 11.5. The van der Waals surface area contributed by atoms with E-state index in [1.807, 2.05) is 18.9 Å². The number of nitriles is 1. The van der Waals surface area contributed by atoms with Gasteiger partial charge < -0.3 is 4.79 Å². The fourth-order valence-corrected chi connectivity index (χ4v) is 3.89. The standard InChI is InChI=1S/C27H29FN2.C2H4.CH2O/c1-3-15-30(16-7-10-24-13-12-22(19-29)18-27(24)28)20-25-17-21(2)11-14-26(25)23-8-5-4-6-9-23;2*1-2/h4-6,8-9,11-14,17-18H,3,7,10,15-16,20H2,1-2H3;1-2H2;1H2. The zero-order valence-corrected chi connectivity index (χ0v) is 20.4.